The molecule has 4 nitrogen and oxygen atoms in total. The molecule has 4 N–H and O–H groups in total. The van der Waals surface area contributed by atoms with E-state index in [1.165, 1.54) is 0 Å². The van der Waals surface area contributed by atoms with E-state index in [1.54, 1.807) is 0 Å². The van der Waals surface area contributed by atoms with Crippen LogP contribution < -0.4 is 11.5 Å². The summed E-state index contributed by atoms with van der Waals surface area (Å²) in [5.74, 6) is 0. The predicted molar refractivity (Wildman–Crippen MR) is 79.6 cm³/mol. The van der Waals surface area contributed by atoms with E-state index < -0.39 is 11.6 Å². The van der Waals surface area contributed by atoms with Gasteiger partial charge in [0, 0.05) is 11.4 Å². The summed E-state index contributed by atoms with van der Waals surface area (Å²) in [5.41, 5.74) is 15.1. The van der Waals surface area contributed by atoms with Crippen LogP contribution in [0.3, 0.4) is 0 Å². The van der Waals surface area contributed by atoms with Gasteiger partial charge < -0.3 is 11.5 Å². The van der Waals surface area contributed by atoms with E-state index in [9.17, 15) is 0 Å². The van der Waals surface area contributed by atoms with Crippen molar-refractivity contribution in [1.29, 1.82) is 0 Å². The third kappa shape index (κ3) is 5.65. The van der Waals surface area contributed by atoms with E-state index in [0.29, 0.717) is 0 Å². The van der Waals surface area contributed by atoms with Crippen LogP contribution in [-0.4, -0.2) is 8.42 Å². The minimum atomic E-state index is -0.750. The van der Waals surface area contributed by atoms with E-state index in [0.717, 1.165) is 22.5 Å². The molecule has 19 heavy (non-hydrogen) atoms. The van der Waals surface area contributed by atoms with E-state index in [2.05, 4.69) is 0 Å². The van der Waals surface area contributed by atoms with Crippen molar-refractivity contribution in [2.45, 2.75) is 0 Å². The molecule has 0 atom stereocenters. The van der Waals surface area contributed by atoms with E-state index in [-0.39, 0.29) is 0 Å². The van der Waals surface area contributed by atoms with Crippen molar-refractivity contribution in [3.63, 3.8) is 0 Å². The lowest BCUT2D eigenvalue weighted by Crippen LogP contribution is -1.83. The summed E-state index contributed by atoms with van der Waals surface area (Å²) in [6.07, 6.45) is 4.09. The lowest BCUT2D eigenvalue weighted by molar-refractivity contribution is 0.630. The Morgan fingerprint density at radius 2 is 0.947 bits per heavy atom. The second-order valence-corrected chi connectivity index (χ2v) is 3.87. The zero-order chi connectivity index (χ0) is 14.1. The molecule has 2 rings (SSSR count). The first-order valence-corrected chi connectivity index (χ1v) is 6.13. The number of hydrogen-bond donors (Lipinski definition) is 2. The van der Waals surface area contributed by atoms with Crippen molar-refractivity contribution in [1.82, 2.24) is 0 Å². The number of benzene rings is 2. The quantitative estimate of drug-likeness (QED) is 0.650. The lowest BCUT2D eigenvalue weighted by atomic mass is 10.1. The molecule has 0 amide bonds. The van der Waals surface area contributed by atoms with Crippen molar-refractivity contribution in [2.24, 2.45) is 0 Å². The molecule has 0 aromatic heterocycles. The number of hydrogen-bond acceptors (Lipinski definition) is 4. The van der Waals surface area contributed by atoms with E-state index in [1.807, 2.05) is 60.7 Å². The standard InChI is InChI=1S/C14H14N2.O2S/c15-13-7-3-11(4-8-13)1-2-12-5-9-14(16)10-6-12;1-3-2/h1-10H,15-16H2;. The van der Waals surface area contributed by atoms with Crippen LogP contribution in [0.15, 0.2) is 48.5 Å². The molecule has 2 aromatic rings. The molecule has 0 heterocycles. The normalized spacial score (nSPS) is 9.68. The molecule has 0 aliphatic heterocycles. The largest absolute Gasteiger partial charge is 0.399 e. The maximum Gasteiger partial charge on any atom is 0.335 e. The van der Waals surface area contributed by atoms with Crippen LogP contribution in [0.1, 0.15) is 11.1 Å². The summed E-state index contributed by atoms with van der Waals surface area (Å²) in [4.78, 5) is 0. The Morgan fingerprint density at radius 1 is 0.684 bits per heavy atom. The summed E-state index contributed by atoms with van der Waals surface area (Å²) >= 11 is -0.750. The van der Waals surface area contributed by atoms with Gasteiger partial charge >= 0.3 is 11.6 Å². The van der Waals surface area contributed by atoms with Gasteiger partial charge in [-0.15, -0.1) is 0 Å². The minimum absolute atomic E-state index is 0.750. The summed E-state index contributed by atoms with van der Waals surface area (Å²) in [6, 6.07) is 15.5. The van der Waals surface area contributed by atoms with E-state index >= 15 is 0 Å². The molecule has 0 radical (unpaired) electrons. The van der Waals surface area contributed by atoms with Crippen molar-refractivity contribution < 1.29 is 8.42 Å². The van der Waals surface area contributed by atoms with Gasteiger partial charge in [-0.25, -0.2) is 0 Å². The highest BCUT2D eigenvalue weighted by Crippen LogP contribution is 2.11. The molecule has 2 aromatic carbocycles. The minimum Gasteiger partial charge on any atom is -0.399 e. The van der Waals surface area contributed by atoms with Gasteiger partial charge in [0.25, 0.3) is 0 Å². The van der Waals surface area contributed by atoms with Crippen molar-refractivity contribution in [2.75, 3.05) is 11.5 Å². The SMILES string of the molecule is Nc1ccc(C=Cc2ccc(N)cc2)cc1.O=S=O. The predicted octanol–water partition coefficient (Wildman–Crippen LogP) is 2.35. The molecule has 0 saturated carbocycles. The van der Waals surface area contributed by atoms with Crippen LogP contribution in [0.5, 0.6) is 0 Å². The number of anilines is 2. The molecule has 0 spiro atoms. The highest BCUT2D eigenvalue weighted by molar-refractivity contribution is 7.51. The zero-order valence-electron chi connectivity index (χ0n) is 10.2. The Bertz CT molecular complexity index is 524. The van der Waals surface area contributed by atoms with Gasteiger partial charge in [-0.3, -0.25) is 0 Å². The van der Waals surface area contributed by atoms with Crippen LogP contribution in [0.25, 0.3) is 12.2 Å². The van der Waals surface area contributed by atoms with Crippen LogP contribution in [0.4, 0.5) is 11.4 Å². The molecule has 0 aliphatic carbocycles. The smallest absolute Gasteiger partial charge is 0.335 e. The molecule has 0 fully saturated rings. The topological polar surface area (TPSA) is 86.2 Å². The highest BCUT2D eigenvalue weighted by atomic mass is 32.1. The monoisotopic (exact) mass is 274 g/mol. The Balaban J connectivity index is 0.000000550. The molecular weight excluding hydrogens is 260 g/mol. The van der Waals surface area contributed by atoms with Gasteiger partial charge in [0.05, 0.1) is 0 Å². The first kappa shape index (κ1) is 14.7. The molecule has 0 unspecified atom stereocenters. The van der Waals surface area contributed by atoms with Crippen LogP contribution in [-0.2, 0) is 11.6 Å². The first-order chi connectivity index (χ1) is 9.15. The van der Waals surface area contributed by atoms with Crippen molar-refractivity contribution >= 4 is 35.1 Å². The van der Waals surface area contributed by atoms with Gasteiger partial charge in [0.15, 0.2) is 0 Å². The number of rotatable bonds is 2. The Labute approximate surface area is 115 Å². The van der Waals surface area contributed by atoms with Crippen molar-refractivity contribution in [3.05, 3.63) is 59.7 Å². The molecule has 98 valence electrons. The maximum absolute atomic E-state index is 8.29. The third-order valence-electron chi connectivity index (χ3n) is 2.34. The maximum atomic E-state index is 8.29. The molecule has 0 aliphatic rings. The Hall–Kier alpha value is -2.40. The van der Waals surface area contributed by atoms with Gasteiger partial charge in [0.1, 0.15) is 0 Å². The zero-order valence-corrected chi connectivity index (χ0v) is 11.0. The summed E-state index contributed by atoms with van der Waals surface area (Å²) in [6.45, 7) is 0. The fourth-order valence-corrected chi connectivity index (χ4v) is 1.41. The fraction of sp³-hybridized carbons (Fsp3) is 0. The Kier molecular flexibility index (Phi) is 6.05. The van der Waals surface area contributed by atoms with Crippen LogP contribution in [0.2, 0.25) is 0 Å². The van der Waals surface area contributed by atoms with E-state index in [4.69, 9.17) is 19.9 Å². The van der Waals surface area contributed by atoms with Crippen LogP contribution >= 0.6 is 0 Å². The fourth-order valence-electron chi connectivity index (χ4n) is 1.41. The summed E-state index contributed by atoms with van der Waals surface area (Å²) < 4.78 is 16.6. The van der Waals surface area contributed by atoms with Gasteiger partial charge in [-0.2, -0.15) is 8.42 Å². The Morgan fingerprint density at radius 3 is 1.21 bits per heavy atom. The highest BCUT2D eigenvalue weighted by Gasteiger charge is 1.89. The number of nitrogens with two attached hydrogens (primary N) is 2. The van der Waals surface area contributed by atoms with Gasteiger partial charge in [0.2, 0.25) is 0 Å². The van der Waals surface area contributed by atoms with Crippen molar-refractivity contribution in [3.8, 4) is 0 Å². The molecule has 0 saturated heterocycles. The number of nitrogen functional groups attached to an aromatic ring is 2. The third-order valence-corrected chi connectivity index (χ3v) is 2.34. The average Bonchev–Trinajstić information content (AvgIpc) is 2.41. The first-order valence-electron chi connectivity index (χ1n) is 5.46. The summed E-state index contributed by atoms with van der Waals surface area (Å²) in [7, 11) is 0. The molecule has 0 bridgehead atoms. The van der Waals surface area contributed by atoms with Gasteiger partial charge in [-0.1, -0.05) is 36.4 Å². The molecule has 5 heteroatoms. The summed E-state index contributed by atoms with van der Waals surface area (Å²) in [5, 5.41) is 0. The van der Waals surface area contributed by atoms with Gasteiger partial charge in [-0.05, 0) is 35.4 Å². The lowest BCUT2D eigenvalue weighted by Gasteiger charge is -1.96. The van der Waals surface area contributed by atoms with Crippen LogP contribution in [0, 0.1) is 0 Å². The second kappa shape index (κ2) is 7.84. The second-order valence-electron chi connectivity index (χ2n) is 3.73. The average molecular weight is 274 g/mol. The molecular formula is C14H14N2O2S.